The zero-order valence-corrected chi connectivity index (χ0v) is 15.6. The van der Waals surface area contributed by atoms with Gasteiger partial charge in [-0.1, -0.05) is 6.07 Å². The number of rotatable bonds is 6. The van der Waals surface area contributed by atoms with Gasteiger partial charge in [0.2, 0.25) is 0 Å². The molecule has 1 saturated heterocycles. The van der Waals surface area contributed by atoms with E-state index in [0.717, 1.165) is 42.5 Å². The van der Waals surface area contributed by atoms with Gasteiger partial charge in [0.15, 0.2) is 11.5 Å². The second kappa shape index (κ2) is 7.18. The zero-order valence-electron chi connectivity index (χ0n) is 14.8. The van der Waals surface area contributed by atoms with Crippen LogP contribution in [0, 0.1) is 5.92 Å². The molecule has 2 aliphatic heterocycles. The molecule has 0 bridgehead atoms. The van der Waals surface area contributed by atoms with E-state index in [-0.39, 0.29) is 6.10 Å². The molecule has 3 heterocycles. The Morgan fingerprint density at radius 1 is 1.12 bits per heavy atom. The second-order valence-corrected chi connectivity index (χ2v) is 8.41. The Labute approximate surface area is 157 Å². The zero-order chi connectivity index (χ0) is 17.3. The van der Waals surface area contributed by atoms with Gasteiger partial charge < -0.3 is 19.5 Å². The number of nitrogens with one attached hydrogen (secondary N) is 1. The third-order valence-electron chi connectivity index (χ3n) is 5.29. The van der Waals surface area contributed by atoms with Crippen molar-refractivity contribution >= 4 is 11.3 Å². The third-order valence-corrected chi connectivity index (χ3v) is 6.38. The normalized spacial score (nSPS) is 23.2. The minimum absolute atomic E-state index is 0.214. The second-order valence-electron chi connectivity index (χ2n) is 7.27. The number of nitrogens with zero attached hydrogens (tertiary/aromatic N) is 1. The predicted molar refractivity (Wildman–Crippen MR) is 99.8 cm³/mol. The molecule has 3 aliphatic rings. The highest BCUT2D eigenvalue weighted by molar-refractivity contribution is 7.11. The number of benzene rings is 1. The van der Waals surface area contributed by atoms with Gasteiger partial charge in [-0.3, -0.25) is 0 Å². The van der Waals surface area contributed by atoms with Crippen LogP contribution < -0.4 is 14.8 Å². The van der Waals surface area contributed by atoms with Crippen molar-refractivity contribution in [1.82, 2.24) is 10.3 Å². The Morgan fingerprint density at radius 2 is 2.00 bits per heavy atom. The first-order valence-corrected chi connectivity index (χ1v) is 10.4. The van der Waals surface area contributed by atoms with Crippen LogP contribution in [-0.2, 0) is 11.3 Å². The van der Waals surface area contributed by atoms with Crippen molar-refractivity contribution in [2.45, 2.75) is 44.4 Å². The first-order valence-electron chi connectivity index (χ1n) is 9.56. The molecule has 1 N–H and O–H groups in total. The van der Waals surface area contributed by atoms with Gasteiger partial charge in [-0.25, -0.2) is 4.98 Å². The molecule has 26 heavy (non-hydrogen) atoms. The van der Waals surface area contributed by atoms with Crippen LogP contribution in [0.2, 0.25) is 0 Å². The number of fused-ring (bicyclic) bond motifs is 1. The number of ether oxygens (including phenoxy) is 3. The maximum absolute atomic E-state index is 5.76. The minimum Gasteiger partial charge on any atom is -0.486 e. The van der Waals surface area contributed by atoms with Gasteiger partial charge in [-0.2, -0.15) is 0 Å². The molecule has 0 radical (unpaired) electrons. The van der Waals surface area contributed by atoms with Gasteiger partial charge in [0.25, 0.3) is 0 Å². The molecule has 6 heteroatoms. The van der Waals surface area contributed by atoms with E-state index in [1.165, 1.54) is 23.3 Å². The van der Waals surface area contributed by atoms with Crippen LogP contribution >= 0.6 is 11.3 Å². The topological polar surface area (TPSA) is 52.6 Å². The van der Waals surface area contributed by atoms with Crippen molar-refractivity contribution in [2.24, 2.45) is 5.92 Å². The SMILES string of the molecule is c1cc2c(cc1C(NCc1cnc(C3CCCO3)s1)C1CC1)OCCO2. The van der Waals surface area contributed by atoms with Crippen molar-refractivity contribution < 1.29 is 14.2 Å². The molecule has 138 valence electrons. The highest BCUT2D eigenvalue weighted by Crippen LogP contribution is 2.43. The number of hydrogen-bond donors (Lipinski definition) is 1. The average Bonchev–Trinajstić information content (AvgIpc) is 3.17. The van der Waals surface area contributed by atoms with E-state index in [4.69, 9.17) is 14.2 Å². The van der Waals surface area contributed by atoms with Crippen molar-refractivity contribution in [3.8, 4) is 11.5 Å². The van der Waals surface area contributed by atoms with Crippen molar-refractivity contribution in [3.05, 3.63) is 39.8 Å². The van der Waals surface area contributed by atoms with Gasteiger partial charge in [0.05, 0.1) is 0 Å². The van der Waals surface area contributed by atoms with Crippen molar-refractivity contribution in [1.29, 1.82) is 0 Å². The van der Waals surface area contributed by atoms with Crippen LogP contribution in [-0.4, -0.2) is 24.8 Å². The summed E-state index contributed by atoms with van der Waals surface area (Å²) in [4.78, 5) is 5.86. The molecule has 5 rings (SSSR count). The summed E-state index contributed by atoms with van der Waals surface area (Å²) < 4.78 is 17.2. The largest absolute Gasteiger partial charge is 0.486 e. The van der Waals surface area contributed by atoms with Crippen LogP contribution in [0.1, 0.15) is 53.3 Å². The standard InChI is InChI=1S/C20H24N2O3S/c1-2-17(23-7-1)20-22-12-15(26-20)11-21-19(13-3-4-13)14-5-6-16-18(10-14)25-9-8-24-16/h5-6,10,12-13,17,19,21H,1-4,7-9,11H2. The van der Waals surface area contributed by atoms with E-state index in [9.17, 15) is 0 Å². The lowest BCUT2D eigenvalue weighted by molar-refractivity contribution is 0.111. The van der Waals surface area contributed by atoms with Crippen molar-refractivity contribution in [3.63, 3.8) is 0 Å². The maximum Gasteiger partial charge on any atom is 0.161 e. The lowest BCUT2D eigenvalue weighted by Crippen LogP contribution is -2.23. The smallest absolute Gasteiger partial charge is 0.161 e. The van der Waals surface area contributed by atoms with Gasteiger partial charge in [-0.05, 0) is 49.3 Å². The van der Waals surface area contributed by atoms with Crippen molar-refractivity contribution in [2.75, 3.05) is 19.8 Å². The van der Waals surface area contributed by atoms with Crippen LogP contribution in [0.3, 0.4) is 0 Å². The van der Waals surface area contributed by atoms with E-state index in [0.29, 0.717) is 25.2 Å². The summed E-state index contributed by atoms with van der Waals surface area (Å²) >= 11 is 1.78. The molecule has 2 fully saturated rings. The molecule has 0 spiro atoms. The van der Waals surface area contributed by atoms with Crippen LogP contribution in [0.5, 0.6) is 11.5 Å². The first-order chi connectivity index (χ1) is 12.9. The van der Waals surface area contributed by atoms with Gasteiger partial charge in [0.1, 0.15) is 24.3 Å². The molecule has 2 atom stereocenters. The lowest BCUT2D eigenvalue weighted by Gasteiger charge is -2.23. The quantitative estimate of drug-likeness (QED) is 0.830. The summed E-state index contributed by atoms with van der Waals surface area (Å²) in [6.07, 6.45) is 7.04. The summed E-state index contributed by atoms with van der Waals surface area (Å²) in [5.41, 5.74) is 1.29. The molecule has 1 aromatic carbocycles. The Balaban J connectivity index is 1.28. The molecule has 2 unspecified atom stereocenters. The predicted octanol–water partition coefficient (Wildman–Crippen LogP) is 4.01. The highest BCUT2D eigenvalue weighted by atomic mass is 32.1. The molecule has 1 aliphatic carbocycles. The maximum atomic E-state index is 5.76. The molecule has 0 amide bonds. The Morgan fingerprint density at radius 3 is 2.81 bits per heavy atom. The fraction of sp³-hybridized carbons (Fsp3) is 0.550. The van der Waals surface area contributed by atoms with E-state index in [1.54, 1.807) is 11.3 Å². The molecular formula is C20H24N2O3S. The lowest BCUT2D eigenvalue weighted by atomic mass is 10.0. The van der Waals surface area contributed by atoms with Crippen LogP contribution in [0.25, 0.3) is 0 Å². The molecular weight excluding hydrogens is 348 g/mol. The summed E-state index contributed by atoms with van der Waals surface area (Å²) in [5.74, 6) is 2.45. The molecule has 5 nitrogen and oxygen atoms in total. The third kappa shape index (κ3) is 3.46. The minimum atomic E-state index is 0.214. The van der Waals surface area contributed by atoms with Crippen LogP contribution in [0.4, 0.5) is 0 Å². The van der Waals surface area contributed by atoms with E-state index >= 15 is 0 Å². The summed E-state index contributed by atoms with van der Waals surface area (Å²) in [6, 6.07) is 6.73. The number of hydrogen-bond acceptors (Lipinski definition) is 6. The van der Waals surface area contributed by atoms with E-state index in [2.05, 4.69) is 22.4 Å². The average molecular weight is 372 g/mol. The fourth-order valence-electron chi connectivity index (χ4n) is 3.78. The number of thiazole rings is 1. The monoisotopic (exact) mass is 372 g/mol. The Kier molecular flexibility index (Phi) is 4.56. The Hall–Kier alpha value is -1.63. The highest BCUT2D eigenvalue weighted by Gasteiger charge is 2.33. The summed E-state index contributed by atoms with van der Waals surface area (Å²) in [5, 5.41) is 4.88. The summed E-state index contributed by atoms with van der Waals surface area (Å²) in [7, 11) is 0. The summed E-state index contributed by atoms with van der Waals surface area (Å²) in [6.45, 7) is 2.98. The molecule has 1 aromatic heterocycles. The van der Waals surface area contributed by atoms with Gasteiger partial charge in [-0.15, -0.1) is 11.3 Å². The molecule has 2 aromatic rings. The first kappa shape index (κ1) is 16.5. The molecule has 1 saturated carbocycles. The van der Waals surface area contributed by atoms with E-state index < -0.39 is 0 Å². The fourth-order valence-corrected chi connectivity index (χ4v) is 4.73. The van der Waals surface area contributed by atoms with Gasteiger partial charge >= 0.3 is 0 Å². The number of aromatic nitrogens is 1. The van der Waals surface area contributed by atoms with E-state index in [1.807, 2.05) is 12.3 Å². The van der Waals surface area contributed by atoms with Gasteiger partial charge in [0, 0.05) is 30.3 Å². The van der Waals surface area contributed by atoms with Crippen LogP contribution in [0.15, 0.2) is 24.4 Å². The Bertz CT molecular complexity index is 768.